The molecule has 1 heterocycles. The van der Waals surface area contributed by atoms with Crippen molar-refractivity contribution in [3.63, 3.8) is 0 Å². The minimum atomic E-state index is -0.261. The maximum Gasteiger partial charge on any atom is 0.123 e. The van der Waals surface area contributed by atoms with Crippen molar-refractivity contribution in [2.75, 3.05) is 6.61 Å². The molecule has 0 aliphatic heterocycles. The predicted octanol–water partition coefficient (Wildman–Crippen LogP) is 2.38. The standard InChI is InChI=1S/C12H10FNO/c13-10-4-6-12-9(8-10)3-5-11(14-12)2-1-7-15/h1-6,8,15H,7H2/b2-1+. The Kier molecular flexibility index (Phi) is 2.74. The van der Waals surface area contributed by atoms with Gasteiger partial charge in [0.25, 0.3) is 0 Å². The van der Waals surface area contributed by atoms with Crippen LogP contribution in [0.5, 0.6) is 0 Å². The number of hydrogen-bond acceptors (Lipinski definition) is 2. The number of aliphatic hydroxyl groups is 1. The lowest BCUT2D eigenvalue weighted by molar-refractivity contribution is 0.343. The summed E-state index contributed by atoms with van der Waals surface area (Å²) in [6.45, 7) is -0.0108. The summed E-state index contributed by atoms with van der Waals surface area (Å²) < 4.78 is 12.9. The molecule has 1 aromatic heterocycles. The van der Waals surface area contributed by atoms with Crippen molar-refractivity contribution in [2.45, 2.75) is 0 Å². The van der Waals surface area contributed by atoms with Gasteiger partial charge in [-0.05, 0) is 30.3 Å². The molecule has 0 unspecified atom stereocenters. The summed E-state index contributed by atoms with van der Waals surface area (Å²) in [5.74, 6) is -0.261. The van der Waals surface area contributed by atoms with Crippen molar-refractivity contribution < 1.29 is 9.50 Å². The number of aliphatic hydroxyl groups excluding tert-OH is 1. The van der Waals surface area contributed by atoms with Crippen LogP contribution >= 0.6 is 0 Å². The third kappa shape index (κ3) is 2.19. The summed E-state index contributed by atoms with van der Waals surface area (Å²) in [6.07, 6.45) is 3.33. The third-order valence-electron chi connectivity index (χ3n) is 2.07. The second-order valence-corrected chi connectivity index (χ2v) is 3.16. The van der Waals surface area contributed by atoms with Gasteiger partial charge in [-0.15, -0.1) is 0 Å². The molecule has 0 spiro atoms. The summed E-state index contributed by atoms with van der Waals surface area (Å²) in [4.78, 5) is 4.29. The fourth-order valence-corrected chi connectivity index (χ4v) is 1.38. The molecule has 0 saturated heterocycles. The lowest BCUT2D eigenvalue weighted by Crippen LogP contribution is -1.84. The molecule has 0 bridgehead atoms. The Labute approximate surface area is 86.7 Å². The molecule has 1 N–H and O–H groups in total. The molecule has 0 saturated carbocycles. The number of fused-ring (bicyclic) bond motifs is 1. The van der Waals surface area contributed by atoms with Crippen LogP contribution in [0.15, 0.2) is 36.4 Å². The van der Waals surface area contributed by atoms with Crippen LogP contribution in [0.1, 0.15) is 5.69 Å². The molecule has 76 valence electrons. The Balaban J connectivity index is 2.47. The second-order valence-electron chi connectivity index (χ2n) is 3.16. The van der Waals surface area contributed by atoms with E-state index in [1.54, 1.807) is 24.3 Å². The number of aromatic nitrogens is 1. The molecule has 0 radical (unpaired) electrons. The van der Waals surface area contributed by atoms with E-state index in [1.165, 1.54) is 12.1 Å². The lowest BCUT2D eigenvalue weighted by atomic mass is 10.2. The monoisotopic (exact) mass is 203 g/mol. The molecule has 15 heavy (non-hydrogen) atoms. The molecule has 2 aromatic rings. The molecule has 1 aromatic carbocycles. The highest BCUT2D eigenvalue weighted by atomic mass is 19.1. The number of pyridine rings is 1. The first-order chi connectivity index (χ1) is 7.29. The molecule has 2 rings (SSSR count). The van der Waals surface area contributed by atoms with Gasteiger partial charge in [-0.1, -0.05) is 12.1 Å². The number of hydrogen-bond donors (Lipinski definition) is 1. The summed E-state index contributed by atoms with van der Waals surface area (Å²) in [5.41, 5.74) is 1.50. The van der Waals surface area contributed by atoms with Crippen LogP contribution in [0.3, 0.4) is 0 Å². The van der Waals surface area contributed by atoms with Crippen LogP contribution in [0, 0.1) is 5.82 Å². The fraction of sp³-hybridized carbons (Fsp3) is 0.0833. The zero-order valence-corrected chi connectivity index (χ0v) is 8.02. The number of benzene rings is 1. The quantitative estimate of drug-likeness (QED) is 0.812. The summed E-state index contributed by atoms with van der Waals surface area (Å²) >= 11 is 0. The van der Waals surface area contributed by atoms with Gasteiger partial charge in [0.15, 0.2) is 0 Å². The molecule has 0 aliphatic carbocycles. The van der Waals surface area contributed by atoms with Crippen molar-refractivity contribution in [1.29, 1.82) is 0 Å². The van der Waals surface area contributed by atoms with Crippen LogP contribution in [0.2, 0.25) is 0 Å². The van der Waals surface area contributed by atoms with E-state index < -0.39 is 0 Å². The highest BCUT2D eigenvalue weighted by Crippen LogP contribution is 2.14. The van der Waals surface area contributed by atoms with Crippen LogP contribution in [0.25, 0.3) is 17.0 Å². The van der Waals surface area contributed by atoms with E-state index in [1.807, 2.05) is 6.07 Å². The maximum absolute atomic E-state index is 12.9. The molecular formula is C12H10FNO. The maximum atomic E-state index is 12.9. The normalized spacial score (nSPS) is 11.3. The van der Waals surface area contributed by atoms with Gasteiger partial charge in [-0.25, -0.2) is 9.37 Å². The summed E-state index contributed by atoms with van der Waals surface area (Å²) in [5, 5.41) is 9.39. The van der Waals surface area contributed by atoms with E-state index in [0.717, 1.165) is 16.6 Å². The van der Waals surface area contributed by atoms with Gasteiger partial charge < -0.3 is 5.11 Å². The SMILES string of the molecule is OC/C=C/c1ccc2cc(F)ccc2n1. The van der Waals surface area contributed by atoms with E-state index in [4.69, 9.17) is 5.11 Å². The number of halogens is 1. The van der Waals surface area contributed by atoms with Crippen molar-refractivity contribution >= 4 is 17.0 Å². The Morgan fingerprint density at radius 1 is 1.27 bits per heavy atom. The van der Waals surface area contributed by atoms with Gasteiger partial charge in [-0.3, -0.25) is 0 Å². The molecule has 0 fully saturated rings. The average Bonchev–Trinajstić information content (AvgIpc) is 2.26. The zero-order valence-electron chi connectivity index (χ0n) is 8.02. The largest absolute Gasteiger partial charge is 0.392 e. The van der Waals surface area contributed by atoms with Crippen LogP contribution in [-0.2, 0) is 0 Å². The van der Waals surface area contributed by atoms with Crippen LogP contribution in [0.4, 0.5) is 4.39 Å². The smallest absolute Gasteiger partial charge is 0.123 e. The van der Waals surface area contributed by atoms with E-state index in [-0.39, 0.29) is 12.4 Å². The first-order valence-corrected chi connectivity index (χ1v) is 4.63. The van der Waals surface area contributed by atoms with Gasteiger partial charge in [0.1, 0.15) is 5.82 Å². The topological polar surface area (TPSA) is 33.1 Å². The highest BCUT2D eigenvalue weighted by molar-refractivity contribution is 5.79. The van der Waals surface area contributed by atoms with Crippen LogP contribution < -0.4 is 0 Å². The molecule has 0 amide bonds. The summed E-state index contributed by atoms with van der Waals surface area (Å²) in [7, 11) is 0. The predicted molar refractivity (Wildman–Crippen MR) is 57.8 cm³/mol. The van der Waals surface area contributed by atoms with Crippen molar-refractivity contribution in [3.05, 3.63) is 47.9 Å². The average molecular weight is 203 g/mol. The Bertz CT molecular complexity index is 508. The van der Waals surface area contributed by atoms with E-state index in [2.05, 4.69) is 4.98 Å². The van der Waals surface area contributed by atoms with Gasteiger partial charge in [0.2, 0.25) is 0 Å². The lowest BCUT2D eigenvalue weighted by Gasteiger charge is -1.98. The first kappa shape index (κ1) is 9.80. The van der Waals surface area contributed by atoms with Crippen molar-refractivity contribution in [1.82, 2.24) is 4.98 Å². The molecular weight excluding hydrogens is 193 g/mol. The Hall–Kier alpha value is -1.74. The molecule has 0 atom stereocenters. The summed E-state index contributed by atoms with van der Waals surface area (Å²) in [6, 6.07) is 8.06. The van der Waals surface area contributed by atoms with Crippen molar-refractivity contribution in [3.8, 4) is 0 Å². The van der Waals surface area contributed by atoms with Gasteiger partial charge in [-0.2, -0.15) is 0 Å². The van der Waals surface area contributed by atoms with Gasteiger partial charge in [0.05, 0.1) is 17.8 Å². The van der Waals surface area contributed by atoms with Crippen LogP contribution in [-0.4, -0.2) is 16.7 Å². The highest BCUT2D eigenvalue weighted by Gasteiger charge is 1.97. The van der Waals surface area contributed by atoms with Gasteiger partial charge >= 0.3 is 0 Å². The molecule has 0 aliphatic rings. The van der Waals surface area contributed by atoms with E-state index in [0.29, 0.717) is 0 Å². The fourth-order valence-electron chi connectivity index (χ4n) is 1.38. The third-order valence-corrected chi connectivity index (χ3v) is 2.07. The van der Waals surface area contributed by atoms with E-state index in [9.17, 15) is 4.39 Å². The molecule has 3 heteroatoms. The number of rotatable bonds is 2. The zero-order chi connectivity index (χ0) is 10.7. The Morgan fingerprint density at radius 3 is 2.93 bits per heavy atom. The second kappa shape index (κ2) is 4.19. The minimum Gasteiger partial charge on any atom is -0.392 e. The molecule has 2 nitrogen and oxygen atoms in total. The number of nitrogens with zero attached hydrogens (tertiary/aromatic N) is 1. The first-order valence-electron chi connectivity index (χ1n) is 4.63. The minimum absolute atomic E-state index is 0.0108. The van der Waals surface area contributed by atoms with Gasteiger partial charge in [0, 0.05) is 5.39 Å². The van der Waals surface area contributed by atoms with Crippen molar-refractivity contribution in [2.24, 2.45) is 0 Å². The van der Waals surface area contributed by atoms with E-state index >= 15 is 0 Å². The Morgan fingerprint density at radius 2 is 2.13 bits per heavy atom.